The predicted molar refractivity (Wildman–Crippen MR) is 169 cm³/mol. The smallest absolute Gasteiger partial charge is 1.00 e. The molecule has 0 spiro atoms. The van der Waals surface area contributed by atoms with Gasteiger partial charge >= 0.3 is 29.0 Å². The minimum atomic E-state index is -0.889. The van der Waals surface area contributed by atoms with E-state index in [0.29, 0.717) is 24.2 Å². The molecule has 44 heavy (non-hydrogen) atoms. The number of carbonyl (C=O) groups is 2. The van der Waals surface area contributed by atoms with Gasteiger partial charge in [-0.15, -0.1) is 0 Å². The van der Waals surface area contributed by atoms with Gasteiger partial charge in [-0.1, -0.05) is 25.3 Å². The third-order valence-corrected chi connectivity index (χ3v) is 8.22. The summed E-state index contributed by atoms with van der Waals surface area (Å²) in [5.74, 6) is -1.78. The van der Waals surface area contributed by atoms with Gasteiger partial charge in [0.05, 0.1) is 22.8 Å². The van der Waals surface area contributed by atoms with E-state index in [1.807, 2.05) is 58.0 Å². The maximum Gasteiger partial charge on any atom is 2.00 e. The Labute approximate surface area is 272 Å². The molecule has 2 aliphatic heterocycles. The van der Waals surface area contributed by atoms with Crippen molar-refractivity contribution in [3.8, 4) is 0 Å². The van der Waals surface area contributed by atoms with Crippen LogP contribution in [0.5, 0.6) is 0 Å². The number of rotatable bonds is 8. The summed E-state index contributed by atoms with van der Waals surface area (Å²) in [5, 5.41) is 18.9. The summed E-state index contributed by atoms with van der Waals surface area (Å²) < 4.78 is 0. The molecular weight excluding hydrogens is 620 g/mol. The van der Waals surface area contributed by atoms with Crippen molar-refractivity contribution in [3.05, 3.63) is 82.5 Å². The summed E-state index contributed by atoms with van der Waals surface area (Å²) in [6.07, 6.45) is 4.20. The molecule has 5 heterocycles. The van der Waals surface area contributed by atoms with Crippen molar-refractivity contribution in [2.45, 2.75) is 53.4 Å². The van der Waals surface area contributed by atoms with E-state index in [1.54, 1.807) is 0 Å². The molecule has 2 aliphatic rings. The van der Waals surface area contributed by atoms with E-state index >= 15 is 0 Å². The first kappa shape index (κ1) is 34.3. The van der Waals surface area contributed by atoms with E-state index in [0.717, 1.165) is 78.0 Å². The molecule has 4 N–H and O–H groups in total. The van der Waals surface area contributed by atoms with Crippen molar-refractivity contribution in [2.75, 3.05) is 0 Å². The number of allylic oxidation sites excluding steroid dienone is 4. The van der Waals surface area contributed by atoms with Crippen molar-refractivity contribution in [2.24, 2.45) is 0 Å². The summed E-state index contributed by atoms with van der Waals surface area (Å²) in [6.45, 7) is 16.1. The zero-order chi connectivity index (χ0) is 30.3. The SMILES string of the molecule is C=Cc1c(C)c2cc3[nH]c(cc4nc(cc5nc(cc1[nH]2)C(C)=C5CCC(=O)O)C(CCC(=O)O)=C4C)c(C)c3C=C.[Cl-].[Fe+2]. The quantitative estimate of drug-likeness (QED) is 0.258. The number of halogens is 1. The van der Waals surface area contributed by atoms with Crippen LogP contribution in [0.1, 0.15) is 84.6 Å². The van der Waals surface area contributed by atoms with E-state index in [4.69, 9.17) is 9.97 Å². The molecule has 0 aromatic carbocycles. The van der Waals surface area contributed by atoms with Gasteiger partial charge in [0, 0.05) is 46.0 Å². The molecule has 0 aliphatic carbocycles. The second kappa shape index (κ2) is 13.6. The Balaban J connectivity index is 0.00000264. The van der Waals surface area contributed by atoms with E-state index < -0.39 is 11.9 Å². The van der Waals surface area contributed by atoms with E-state index in [-0.39, 0.29) is 42.3 Å². The number of fused-ring (bicyclic) bond motifs is 8. The maximum absolute atomic E-state index is 11.5. The molecule has 0 saturated heterocycles. The number of aromatic amines is 2. The Morgan fingerprint density at radius 2 is 1.07 bits per heavy atom. The number of nitrogens with one attached hydrogen (secondary N) is 2. The molecule has 0 unspecified atom stereocenters. The molecule has 5 rings (SSSR count). The summed E-state index contributed by atoms with van der Waals surface area (Å²) in [5.41, 5.74) is 13.7. The minimum Gasteiger partial charge on any atom is -1.00 e. The van der Waals surface area contributed by atoms with Crippen LogP contribution < -0.4 is 12.4 Å². The molecule has 3 aromatic rings. The van der Waals surface area contributed by atoms with Crippen LogP contribution in [-0.2, 0) is 26.7 Å². The van der Waals surface area contributed by atoms with Gasteiger partial charge in [0.15, 0.2) is 0 Å². The standard InChI is InChI=1S/C34H34N4O4.ClH.Fe/c1-7-21-17(3)25-13-26-19(5)23(9-11-33(39)40)31(37-26)16-32-24(10-12-34(41)42)20(6)28(38-32)15-30-22(8-2)18(4)27(36-30)14-29(21)35-25;;/h7-8,13-16,35-36H,1-2,9-12H2,3-6H3,(H,39,40)(H,41,42);1H;/q;;+2/p-1. The average Bonchev–Trinajstić information content (AvgIpc) is 3.59. The van der Waals surface area contributed by atoms with Crippen LogP contribution in [0.3, 0.4) is 0 Å². The first-order chi connectivity index (χ1) is 20.0. The van der Waals surface area contributed by atoms with Gasteiger partial charge in [0.25, 0.3) is 0 Å². The van der Waals surface area contributed by atoms with E-state index in [9.17, 15) is 19.8 Å². The van der Waals surface area contributed by atoms with Gasteiger partial charge in [0.2, 0.25) is 0 Å². The van der Waals surface area contributed by atoms with Gasteiger partial charge in [-0.05, 0) is 98.2 Å². The second-order valence-electron chi connectivity index (χ2n) is 10.7. The Hall–Kier alpha value is -4.17. The molecule has 0 saturated carbocycles. The number of aliphatic carboxylic acids is 2. The van der Waals surface area contributed by atoms with Crippen LogP contribution in [0.2, 0.25) is 0 Å². The summed E-state index contributed by atoms with van der Waals surface area (Å²) >= 11 is 0. The van der Waals surface area contributed by atoms with Gasteiger partial charge in [-0.3, -0.25) is 9.59 Å². The average molecular weight is 654 g/mol. The second-order valence-corrected chi connectivity index (χ2v) is 10.7. The number of carboxylic acids is 2. The number of nitrogens with zero attached hydrogens (tertiary/aromatic N) is 2. The first-order valence-electron chi connectivity index (χ1n) is 13.9. The zero-order valence-corrected chi connectivity index (χ0v) is 26.9. The summed E-state index contributed by atoms with van der Waals surface area (Å²) in [4.78, 5) is 40.0. The topological polar surface area (TPSA) is 132 Å². The van der Waals surface area contributed by atoms with E-state index in [2.05, 4.69) is 29.2 Å². The van der Waals surface area contributed by atoms with Crippen molar-refractivity contribution < 1.29 is 49.3 Å². The first-order valence-corrected chi connectivity index (χ1v) is 13.9. The van der Waals surface area contributed by atoms with Crippen molar-refractivity contribution >= 4 is 68.4 Å². The minimum absolute atomic E-state index is 0. The Kier molecular flexibility index (Phi) is 10.6. The monoisotopic (exact) mass is 653 g/mol. The van der Waals surface area contributed by atoms with Crippen molar-refractivity contribution in [3.63, 3.8) is 0 Å². The predicted octanol–water partition coefficient (Wildman–Crippen LogP) is 4.81. The third kappa shape index (κ3) is 6.36. The molecule has 0 amide bonds. The van der Waals surface area contributed by atoms with Gasteiger partial charge < -0.3 is 32.6 Å². The third-order valence-electron chi connectivity index (χ3n) is 8.22. The maximum atomic E-state index is 11.5. The zero-order valence-electron chi connectivity index (χ0n) is 25.0. The van der Waals surface area contributed by atoms with Crippen LogP contribution in [0.25, 0.3) is 56.5 Å². The molecular formula is C34H34ClFeN4O4+. The molecule has 8 bridgehead atoms. The number of hydrogen-bond donors (Lipinski definition) is 4. The fourth-order valence-electron chi connectivity index (χ4n) is 5.77. The fourth-order valence-corrected chi connectivity index (χ4v) is 5.77. The van der Waals surface area contributed by atoms with Gasteiger partial charge in [0.1, 0.15) is 0 Å². The molecule has 0 fully saturated rings. The van der Waals surface area contributed by atoms with Crippen LogP contribution in [-0.4, -0.2) is 42.1 Å². The van der Waals surface area contributed by atoms with Crippen LogP contribution in [0.15, 0.2) is 37.4 Å². The van der Waals surface area contributed by atoms with Crippen LogP contribution in [0, 0.1) is 13.8 Å². The number of carboxylic acid groups (broad SMARTS) is 2. The number of aryl methyl sites for hydroxylation is 2. The van der Waals surface area contributed by atoms with Crippen molar-refractivity contribution in [1.29, 1.82) is 0 Å². The number of hydrogen-bond acceptors (Lipinski definition) is 4. The van der Waals surface area contributed by atoms with Crippen LogP contribution >= 0.6 is 0 Å². The Morgan fingerprint density at radius 3 is 1.48 bits per heavy atom. The number of aromatic nitrogens is 4. The molecule has 0 radical (unpaired) electrons. The Bertz CT molecular complexity index is 1930. The normalized spacial score (nSPS) is 12.5. The molecule has 3 aromatic heterocycles. The molecule has 10 heteroatoms. The van der Waals surface area contributed by atoms with Gasteiger partial charge in [-0.2, -0.15) is 0 Å². The largest absolute Gasteiger partial charge is 2.00 e. The number of H-pyrrole nitrogens is 2. The van der Waals surface area contributed by atoms with Gasteiger partial charge in [-0.25, -0.2) is 9.97 Å². The Morgan fingerprint density at radius 1 is 0.682 bits per heavy atom. The van der Waals surface area contributed by atoms with E-state index in [1.165, 1.54) is 0 Å². The molecule has 8 nitrogen and oxygen atoms in total. The summed E-state index contributed by atoms with van der Waals surface area (Å²) in [6, 6.07) is 7.88. The molecule has 228 valence electrons. The summed E-state index contributed by atoms with van der Waals surface area (Å²) in [7, 11) is 0. The van der Waals surface area contributed by atoms with Crippen LogP contribution in [0.4, 0.5) is 0 Å². The molecule has 0 atom stereocenters. The van der Waals surface area contributed by atoms with Crippen molar-refractivity contribution in [1.82, 2.24) is 19.9 Å². The fraction of sp³-hybridized carbons (Fsp3) is 0.235.